The van der Waals surface area contributed by atoms with Crippen LogP contribution < -0.4 is 5.73 Å². The first-order valence-corrected chi connectivity index (χ1v) is 4.35. The Bertz CT molecular complexity index is 175. The molecule has 4 nitrogen and oxygen atoms in total. The molecular weight excluding hydrogens is 168 g/mol. The van der Waals surface area contributed by atoms with E-state index in [0.29, 0.717) is 6.61 Å². The Morgan fingerprint density at radius 1 is 1.62 bits per heavy atom. The zero-order valence-electron chi connectivity index (χ0n) is 9.13. The van der Waals surface area contributed by atoms with Gasteiger partial charge in [0.05, 0.1) is 18.2 Å². The lowest BCUT2D eigenvalue weighted by Gasteiger charge is -2.30. The first kappa shape index (κ1) is 12.4. The summed E-state index contributed by atoms with van der Waals surface area (Å²) in [5.74, 6) is -0.0722. The van der Waals surface area contributed by atoms with Crippen LogP contribution in [-0.4, -0.2) is 43.2 Å². The van der Waals surface area contributed by atoms with Crippen molar-refractivity contribution >= 4 is 5.91 Å². The van der Waals surface area contributed by atoms with Gasteiger partial charge in [-0.25, -0.2) is 0 Å². The van der Waals surface area contributed by atoms with Crippen molar-refractivity contribution in [1.82, 2.24) is 4.90 Å². The lowest BCUT2D eigenvalue weighted by molar-refractivity contribution is -0.137. The third-order valence-corrected chi connectivity index (χ3v) is 1.94. The Hall–Kier alpha value is -0.610. The monoisotopic (exact) mass is 188 g/mol. The molecule has 4 heteroatoms. The molecule has 1 amide bonds. The molecule has 0 aliphatic carbocycles. The van der Waals surface area contributed by atoms with E-state index in [1.165, 1.54) is 0 Å². The molecule has 1 unspecified atom stereocenters. The van der Waals surface area contributed by atoms with Crippen LogP contribution in [0.3, 0.4) is 0 Å². The van der Waals surface area contributed by atoms with Crippen LogP contribution in [0, 0.1) is 0 Å². The summed E-state index contributed by atoms with van der Waals surface area (Å²) in [6.07, 6.45) is 0. The second kappa shape index (κ2) is 4.58. The standard InChI is InChI=1S/C9H20N2O2/c1-7(6-13-5)11(4)8(12)9(2,3)10/h7H,6,10H2,1-5H3. The normalized spacial score (nSPS) is 14.0. The molecule has 0 heterocycles. The van der Waals surface area contributed by atoms with Gasteiger partial charge in [0, 0.05) is 14.2 Å². The molecule has 0 rings (SSSR count). The lowest BCUT2D eigenvalue weighted by atomic mass is 10.1. The minimum absolute atomic E-state index is 0.0559. The molecule has 0 aromatic rings. The van der Waals surface area contributed by atoms with Crippen LogP contribution >= 0.6 is 0 Å². The van der Waals surface area contributed by atoms with Gasteiger partial charge in [-0.15, -0.1) is 0 Å². The van der Waals surface area contributed by atoms with Crippen molar-refractivity contribution < 1.29 is 9.53 Å². The maximum Gasteiger partial charge on any atom is 0.242 e. The van der Waals surface area contributed by atoms with E-state index in [1.54, 1.807) is 32.9 Å². The van der Waals surface area contributed by atoms with E-state index in [4.69, 9.17) is 10.5 Å². The van der Waals surface area contributed by atoms with E-state index < -0.39 is 5.54 Å². The summed E-state index contributed by atoms with van der Waals surface area (Å²) < 4.78 is 4.95. The number of rotatable bonds is 4. The van der Waals surface area contributed by atoms with Crippen LogP contribution in [0.2, 0.25) is 0 Å². The van der Waals surface area contributed by atoms with Gasteiger partial charge in [-0.05, 0) is 20.8 Å². The highest BCUT2D eigenvalue weighted by atomic mass is 16.5. The quantitative estimate of drug-likeness (QED) is 0.686. The molecule has 1 atom stereocenters. The van der Waals surface area contributed by atoms with E-state index in [-0.39, 0.29) is 11.9 Å². The summed E-state index contributed by atoms with van der Waals surface area (Å²) in [5.41, 5.74) is 4.87. The SMILES string of the molecule is COCC(C)N(C)C(=O)C(C)(C)N. The molecule has 78 valence electrons. The average Bonchev–Trinajstić information content (AvgIpc) is 2.00. The van der Waals surface area contributed by atoms with Gasteiger partial charge in [0.2, 0.25) is 5.91 Å². The fourth-order valence-electron chi connectivity index (χ4n) is 1.01. The predicted octanol–water partition coefficient (Wildman–Crippen LogP) is 0.217. The van der Waals surface area contributed by atoms with Crippen LogP contribution in [0.1, 0.15) is 20.8 Å². The average molecular weight is 188 g/mol. The summed E-state index contributed by atoms with van der Waals surface area (Å²) in [4.78, 5) is 13.2. The molecule has 13 heavy (non-hydrogen) atoms. The summed E-state index contributed by atoms with van der Waals surface area (Å²) in [5, 5.41) is 0. The second-order valence-corrected chi connectivity index (χ2v) is 3.94. The molecule has 0 bridgehead atoms. The third kappa shape index (κ3) is 3.74. The van der Waals surface area contributed by atoms with Gasteiger partial charge in [0.25, 0.3) is 0 Å². The first-order valence-electron chi connectivity index (χ1n) is 4.35. The van der Waals surface area contributed by atoms with E-state index in [9.17, 15) is 4.79 Å². The van der Waals surface area contributed by atoms with Crippen molar-refractivity contribution in [3.8, 4) is 0 Å². The number of nitrogens with zero attached hydrogens (tertiary/aromatic N) is 1. The van der Waals surface area contributed by atoms with Crippen LogP contribution in [0.4, 0.5) is 0 Å². The highest BCUT2D eigenvalue weighted by Crippen LogP contribution is 2.06. The van der Waals surface area contributed by atoms with E-state index >= 15 is 0 Å². The molecule has 0 aromatic carbocycles. The molecule has 0 saturated heterocycles. The Labute approximate surface area is 80.0 Å². The summed E-state index contributed by atoms with van der Waals surface area (Å²) in [7, 11) is 3.35. The third-order valence-electron chi connectivity index (χ3n) is 1.94. The minimum atomic E-state index is -0.809. The Morgan fingerprint density at radius 3 is 2.38 bits per heavy atom. The number of carbonyl (C=O) groups excluding carboxylic acids is 1. The predicted molar refractivity (Wildman–Crippen MR) is 52.4 cm³/mol. The van der Waals surface area contributed by atoms with Crippen molar-refractivity contribution in [3.05, 3.63) is 0 Å². The zero-order valence-corrected chi connectivity index (χ0v) is 9.13. The van der Waals surface area contributed by atoms with E-state index in [0.717, 1.165) is 0 Å². The highest BCUT2D eigenvalue weighted by Gasteiger charge is 2.27. The molecular formula is C9H20N2O2. The number of likely N-dealkylation sites (N-methyl/N-ethyl adjacent to an activating group) is 1. The van der Waals surface area contributed by atoms with Crippen LogP contribution in [0.5, 0.6) is 0 Å². The van der Waals surface area contributed by atoms with Crippen molar-refractivity contribution in [2.75, 3.05) is 20.8 Å². The Balaban J connectivity index is 4.26. The molecule has 0 radical (unpaired) electrons. The Kier molecular flexibility index (Phi) is 4.36. The number of amides is 1. The highest BCUT2D eigenvalue weighted by molar-refractivity contribution is 5.85. The van der Waals surface area contributed by atoms with Gasteiger partial charge in [0.15, 0.2) is 0 Å². The second-order valence-electron chi connectivity index (χ2n) is 3.94. The van der Waals surface area contributed by atoms with Gasteiger partial charge in [0.1, 0.15) is 0 Å². The molecule has 0 fully saturated rings. The molecule has 2 N–H and O–H groups in total. The van der Waals surface area contributed by atoms with Crippen LogP contribution in [-0.2, 0) is 9.53 Å². The van der Waals surface area contributed by atoms with Gasteiger partial charge in [-0.3, -0.25) is 4.79 Å². The van der Waals surface area contributed by atoms with Gasteiger partial charge >= 0.3 is 0 Å². The number of hydrogen-bond acceptors (Lipinski definition) is 3. The number of ether oxygens (including phenoxy) is 1. The first-order chi connectivity index (χ1) is 5.80. The lowest BCUT2D eigenvalue weighted by Crippen LogP contribution is -2.53. The van der Waals surface area contributed by atoms with E-state index in [1.807, 2.05) is 6.92 Å². The number of carbonyl (C=O) groups is 1. The maximum atomic E-state index is 11.6. The van der Waals surface area contributed by atoms with Gasteiger partial charge < -0.3 is 15.4 Å². The van der Waals surface area contributed by atoms with Crippen molar-refractivity contribution in [2.45, 2.75) is 32.4 Å². The number of methoxy groups -OCH3 is 1. The van der Waals surface area contributed by atoms with Crippen LogP contribution in [0.25, 0.3) is 0 Å². The zero-order chi connectivity index (χ0) is 10.6. The maximum absolute atomic E-state index is 11.6. The number of nitrogens with two attached hydrogens (primary N) is 1. The fourth-order valence-corrected chi connectivity index (χ4v) is 1.01. The molecule has 0 aliphatic heterocycles. The molecule has 0 spiro atoms. The largest absolute Gasteiger partial charge is 0.383 e. The van der Waals surface area contributed by atoms with E-state index in [2.05, 4.69) is 0 Å². The van der Waals surface area contributed by atoms with Crippen molar-refractivity contribution in [1.29, 1.82) is 0 Å². The summed E-state index contributed by atoms with van der Waals surface area (Å²) >= 11 is 0. The topological polar surface area (TPSA) is 55.6 Å². The summed E-state index contributed by atoms with van der Waals surface area (Å²) in [6, 6.07) is 0.0559. The number of hydrogen-bond donors (Lipinski definition) is 1. The van der Waals surface area contributed by atoms with Crippen molar-refractivity contribution in [2.24, 2.45) is 5.73 Å². The molecule has 0 aromatic heterocycles. The summed E-state index contributed by atoms with van der Waals surface area (Å²) in [6.45, 7) is 5.85. The fraction of sp³-hybridized carbons (Fsp3) is 0.889. The van der Waals surface area contributed by atoms with Gasteiger partial charge in [-0.2, -0.15) is 0 Å². The minimum Gasteiger partial charge on any atom is -0.383 e. The molecule has 0 aliphatic rings. The van der Waals surface area contributed by atoms with Gasteiger partial charge in [-0.1, -0.05) is 0 Å². The smallest absolute Gasteiger partial charge is 0.242 e. The molecule has 0 saturated carbocycles. The Morgan fingerprint density at radius 2 is 2.08 bits per heavy atom. The van der Waals surface area contributed by atoms with Crippen molar-refractivity contribution in [3.63, 3.8) is 0 Å². The van der Waals surface area contributed by atoms with Crippen LogP contribution in [0.15, 0.2) is 0 Å².